The molecule has 0 aromatic carbocycles. The third-order valence-corrected chi connectivity index (χ3v) is 3.91. The molecule has 1 saturated carbocycles. The van der Waals surface area contributed by atoms with Gasteiger partial charge >= 0.3 is 6.18 Å². The van der Waals surface area contributed by atoms with Gasteiger partial charge in [0.15, 0.2) is 0 Å². The molecule has 0 aromatic rings. The van der Waals surface area contributed by atoms with E-state index in [4.69, 9.17) is 0 Å². The SMILES string of the molecule is O=C(N[C@@H]1CCNC1)C1CCCC(C(F)(F)F)C1. The van der Waals surface area contributed by atoms with E-state index >= 15 is 0 Å². The van der Waals surface area contributed by atoms with Crippen molar-refractivity contribution in [2.45, 2.75) is 44.3 Å². The van der Waals surface area contributed by atoms with E-state index in [2.05, 4.69) is 10.6 Å². The molecule has 2 fully saturated rings. The average molecular weight is 264 g/mol. The monoisotopic (exact) mass is 264 g/mol. The fourth-order valence-corrected chi connectivity index (χ4v) is 2.82. The molecular weight excluding hydrogens is 245 g/mol. The molecule has 2 unspecified atom stereocenters. The number of amides is 1. The molecule has 6 heteroatoms. The predicted molar refractivity (Wildman–Crippen MR) is 60.9 cm³/mol. The highest BCUT2D eigenvalue weighted by Gasteiger charge is 2.43. The maximum atomic E-state index is 12.6. The van der Waals surface area contributed by atoms with Crippen LogP contribution in [0.5, 0.6) is 0 Å². The van der Waals surface area contributed by atoms with Crippen molar-refractivity contribution in [2.24, 2.45) is 11.8 Å². The zero-order valence-corrected chi connectivity index (χ0v) is 10.2. The van der Waals surface area contributed by atoms with Crippen LogP contribution in [0.25, 0.3) is 0 Å². The number of nitrogens with one attached hydrogen (secondary N) is 2. The van der Waals surface area contributed by atoms with Crippen LogP contribution in [0.3, 0.4) is 0 Å². The van der Waals surface area contributed by atoms with E-state index in [1.807, 2.05) is 0 Å². The van der Waals surface area contributed by atoms with E-state index in [0.717, 1.165) is 19.5 Å². The van der Waals surface area contributed by atoms with Crippen LogP contribution in [0.4, 0.5) is 13.2 Å². The summed E-state index contributed by atoms with van der Waals surface area (Å²) >= 11 is 0. The van der Waals surface area contributed by atoms with Crippen LogP contribution in [-0.4, -0.2) is 31.2 Å². The first-order valence-corrected chi connectivity index (χ1v) is 6.54. The topological polar surface area (TPSA) is 41.1 Å². The minimum Gasteiger partial charge on any atom is -0.352 e. The van der Waals surface area contributed by atoms with Crippen molar-refractivity contribution in [3.8, 4) is 0 Å². The lowest BCUT2D eigenvalue weighted by molar-refractivity contribution is -0.186. The molecule has 2 N–H and O–H groups in total. The lowest BCUT2D eigenvalue weighted by atomic mass is 9.80. The Morgan fingerprint density at radius 1 is 1.22 bits per heavy atom. The van der Waals surface area contributed by atoms with Gasteiger partial charge in [0.05, 0.1) is 5.92 Å². The van der Waals surface area contributed by atoms with Crippen molar-refractivity contribution < 1.29 is 18.0 Å². The molecule has 2 rings (SSSR count). The van der Waals surface area contributed by atoms with Crippen LogP contribution >= 0.6 is 0 Å². The highest BCUT2D eigenvalue weighted by atomic mass is 19.4. The Hall–Kier alpha value is -0.780. The maximum Gasteiger partial charge on any atom is 0.391 e. The van der Waals surface area contributed by atoms with Gasteiger partial charge in [-0.05, 0) is 32.2 Å². The van der Waals surface area contributed by atoms with E-state index in [-0.39, 0.29) is 24.8 Å². The fourth-order valence-electron chi connectivity index (χ4n) is 2.82. The summed E-state index contributed by atoms with van der Waals surface area (Å²) in [4.78, 5) is 11.9. The minimum absolute atomic E-state index is 0.0461. The van der Waals surface area contributed by atoms with Crippen LogP contribution in [0.1, 0.15) is 32.1 Å². The van der Waals surface area contributed by atoms with Gasteiger partial charge in [-0.1, -0.05) is 6.42 Å². The fraction of sp³-hybridized carbons (Fsp3) is 0.917. The summed E-state index contributed by atoms with van der Waals surface area (Å²) in [6, 6.07) is 0.0868. The van der Waals surface area contributed by atoms with Gasteiger partial charge in [-0.25, -0.2) is 0 Å². The second-order valence-corrected chi connectivity index (χ2v) is 5.30. The molecule has 0 aromatic heterocycles. The summed E-state index contributed by atoms with van der Waals surface area (Å²) in [5.41, 5.74) is 0. The smallest absolute Gasteiger partial charge is 0.352 e. The highest BCUT2D eigenvalue weighted by Crippen LogP contribution is 2.39. The number of halogens is 3. The van der Waals surface area contributed by atoms with Crippen molar-refractivity contribution >= 4 is 5.91 Å². The Labute approximate surface area is 104 Å². The summed E-state index contributed by atoms with van der Waals surface area (Å²) in [6.07, 6.45) is -2.10. The molecule has 0 spiro atoms. The molecular formula is C12H19F3N2O. The molecule has 18 heavy (non-hydrogen) atoms. The molecule has 1 aliphatic heterocycles. The molecule has 3 nitrogen and oxygen atoms in total. The maximum absolute atomic E-state index is 12.6. The van der Waals surface area contributed by atoms with Crippen molar-refractivity contribution in [3.63, 3.8) is 0 Å². The molecule has 0 bridgehead atoms. The Bertz CT molecular complexity index is 300. The second-order valence-electron chi connectivity index (χ2n) is 5.30. The number of alkyl halides is 3. The zero-order valence-electron chi connectivity index (χ0n) is 10.2. The van der Waals surface area contributed by atoms with E-state index in [1.165, 1.54) is 0 Å². The first-order chi connectivity index (χ1) is 8.47. The lowest BCUT2D eigenvalue weighted by Gasteiger charge is -2.30. The number of rotatable bonds is 2. The van der Waals surface area contributed by atoms with Crippen LogP contribution < -0.4 is 10.6 Å². The third-order valence-electron chi connectivity index (χ3n) is 3.91. The van der Waals surface area contributed by atoms with E-state index in [1.54, 1.807) is 0 Å². The lowest BCUT2D eigenvalue weighted by Crippen LogP contribution is -2.42. The molecule has 2 aliphatic rings. The molecule has 0 radical (unpaired) electrons. The third kappa shape index (κ3) is 3.37. The van der Waals surface area contributed by atoms with E-state index in [0.29, 0.717) is 12.8 Å². The van der Waals surface area contributed by atoms with Gasteiger partial charge in [-0.3, -0.25) is 4.79 Å². The van der Waals surface area contributed by atoms with Gasteiger partial charge in [0, 0.05) is 18.5 Å². The number of hydrogen-bond acceptors (Lipinski definition) is 2. The van der Waals surface area contributed by atoms with Crippen molar-refractivity contribution in [1.82, 2.24) is 10.6 Å². The van der Waals surface area contributed by atoms with Crippen LogP contribution in [0.15, 0.2) is 0 Å². The Morgan fingerprint density at radius 2 is 2.00 bits per heavy atom. The largest absolute Gasteiger partial charge is 0.391 e. The van der Waals surface area contributed by atoms with Gasteiger partial charge in [0.1, 0.15) is 0 Å². The summed E-state index contributed by atoms with van der Waals surface area (Å²) in [6.45, 7) is 1.59. The van der Waals surface area contributed by atoms with Gasteiger partial charge in [-0.2, -0.15) is 13.2 Å². The Balaban J connectivity index is 1.86. The average Bonchev–Trinajstić information content (AvgIpc) is 2.81. The first kappa shape index (κ1) is 13.6. The summed E-state index contributed by atoms with van der Waals surface area (Å²) in [7, 11) is 0. The molecule has 104 valence electrons. The first-order valence-electron chi connectivity index (χ1n) is 6.54. The zero-order chi connectivity index (χ0) is 13.2. The number of carbonyl (C=O) groups excluding carboxylic acids is 1. The molecule has 3 atom stereocenters. The predicted octanol–water partition coefficient (Wildman–Crippen LogP) is 1.83. The van der Waals surface area contributed by atoms with Crippen LogP contribution in [0.2, 0.25) is 0 Å². The highest BCUT2D eigenvalue weighted by molar-refractivity contribution is 5.79. The Morgan fingerprint density at radius 3 is 2.61 bits per heavy atom. The van der Waals surface area contributed by atoms with Crippen molar-refractivity contribution in [1.29, 1.82) is 0 Å². The van der Waals surface area contributed by atoms with Crippen LogP contribution in [-0.2, 0) is 4.79 Å². The summed E-state index contributed by atoms with van der Waals surface area (Å²) in [5.74, 6) is -1.97. The van der Waals surface area contributed by atoms with E-state index < -0.39 is 18.0 Å². The van der Waals surface area contributed by atoms with Crippen molar-refractivity contribution in [2.75, 3.05) is 13.1 Å². The van der Waals surface area contributed by atoms with Crippen LogP contribution in [0, 0.1) is 11.8 Å². The van der Waals surface area contributed by atoms with Gasteiger partial charge in [0.25, 0.3) is 0 Å². The second kappa shape index (κ2) is 5.47. The molecule has 1 saturated heterocycles. The number of carbonyl (C=O) groups is 1. The van der Waals surface area contributed by atoms with E-state index in [9.17, 15) is 18.0 Å². The summed E-state index contributed by atoms with van der Waals surface area (Å²) < 4.78 is 37.9. The van der Waals surface area contributed by atoms with Crippen molar-refractivity contribution in [3.05, 3.63) is 0 Å². The molecule has 1 amide bonds. The molecule has 1 aliphatic carbocycles. The normalized spacial score (nSPS) is 33.4. The molecule has 1 heterocycles. The Kier molecular flexibility index (Phi) is 4.14. The standard InChI is InChI=1S/C12H19F3N2O/c13-12(14,15)9-3-1-2-8(6-9)11(18)17-10-4-5-16-7-10/h8-10,16H,1-7H2,(H,17,18)/t8?,9?,10-/m1/s1. The number of hydrogen-bond donors (Lipinski definition) is 2. The van der Waals surface area contributed by atoms with Gasteiger partial charge < -0.3 is 10.6 Å². The quantitative estimate of drug-likeness (QED) is 0.799. The van der Waals surface area contributed by atoms with Gasteiger partial charge in [0.2, 0.25) is 5.91 Å². The minimum atomic E-state index is -4.16. The van der Waals surface area contributed by atoms with Gasteiger partial charge in [-0.15, -0.1) is 0 Å². The summed E-state index contributed by atoms with van der Waals surface area (Å²) in [5, 5.41) is 5.97.